The van der Waals surface area contributed by atoms with Gasteiger partial charge in [0.05, 0.1) is 0 Å². The molecule has 0 aromatic heterocycles. The Hall–Kier alpha value is -1.54. The minimum Gasteiger partial charge on any atom is 0 e. The Kier molecular flexibility index (Phi) is 53.1. The van der Waals surface area contributed by atoms with Gasteiger partial charge in [-0.2, -0.15) is 0 Å². The molecule has 0 saturated carbocycles. The maximum atomic E-state index is 11.9. The molecule has 1 heterocycles. The number of rotatable bonds is 0. The van der Waals surface area contributed by atoms with Crippen LogP contribution in [0.5, 0.6) is 0 Å². The van der Waals surface area contributed by atoms with Gasteiger partial charge in [-0.3, -0.25) is 0 Å². The van der Waals surface area contributed by atoms with Crippen molar-refractivity contribution in [2.45, 2.75) is 64.5 Å². The van der Waals surface area contributed by atoms with Gasteiger partial charge in [-0.25, -0.2) is 4.79 Å². The molecule has 10 nitrogen and oxygen atoms in total. The van der Waals surface area contributed by atoms with Crippen LogP contribution in [0.3, 0.4) is 0 Å². The topological polar surface area (TPSA) is 169 Å². The number of ether oxygens (including phenoxy) is 1. The number of carbonyl (C=O) groups is 1. The van der Waals surface area contributed by atoms with Gasteiger partial charge in [-0.1, -0.05) is 25.6 Å². The summed E-state index contributed by atoms with van der Waals surface area (Å²) in [5, 5.41) is 10.4. The van der Waals surface area contributed by atoms with E-state index in [0.29, 0.717) is 25.9 Å². The molecular formula is C21H27Co2NO9Si. The molecule has 1 fully saturated rings. The van der Waals surface area contributed by atoms with Gasteiger partial charge < -0.3 is 14.7 Å². The molecule has 2 radical (unpaired) electrons. The van der Waals surface area contributed by atoms with Crippen LogP contribution in [-0.2, 0) is 66.2 Å². The molecule has 34 heavy (non-hydrogen) atoms. The molecule has 0 atom stereocenters. The van der Waals surface area contributed by atoms with Crippen molar-refractivity contribution in [2.75, 3.05) is 13.1 Å². The van der Waals surface area contributed by atoms with Crippen LogP contribution in [0.25, 0.3) is 0 Å². The summed E-state index contributed by atoms with van der Waals surface area (Å²) >= 11 is 0. The number of carbonyl (C=O) groups excluding carboxylic acids is 1. The number of amides is 1. The predicted octanol–water partition coefficient (Wildman–Crippen LogP) is 2.40. The number of piperidine rings is 1. The molecule has 1 amide bonds. The Balaban J connectivity index is -0.0000000700. The van der Waals surface area contributed by atoms with Crippen LogP contribution in [0.1, 0.15) is 33.6 Å². The first kappa shape index (κ1) is 53.7. The molecule has 0 aromatic carbocycles. The fraction of sp³-hybridized carbons (Fsp3) is 0.571. The maximum absolute atomic E-state index is 11.9. The first-order valence-corrected chi connectivity index (χ1v) is 11.9. The van der Waals surface area contributed by atoms with Gasteiger partial charge in [0.15, 0.2) is 0 Å². The molecule has 0 aromatic rings. The SMILES string of the molecule is CC(C)(C)OC(=O)N1CCC(O)(C#C[Si](C)(C)C)CC1.[C-]#[O+].[C-]#[O+].[C-]#[O+].[C-]#[O+].[C-]#[O+].[C-]#[O+].[Co].[Co]. The summed E-state index contributed by atoms with van der Waals surface area (Å²) < 4.78 is 50.3. The molecule has 0 bridgehead atoms. The maximum Gasteiger partial charge on any atom is 0 e. The first-order chi connectivity index (χ1) is 14.9. The Bertz CT molecular complexity index is 622. The zero-order chi connectivity index (χ0) is 27.6. The summed E-state index contributed by atoms with van der Waals surface area (Å²) in [5.41, 5.74) is 1.79. The number of hydrogen-bond acceptors (Lipinski definition) is 3. The zero-order valence-corrected chi connectivity index (χ0v) is 22.7. The van der Waals surface area contributed by atoms with E-state index in [-0.39, 0.29) is 39.7 Å². The molecule has 1 rings (SSSR count). The van der Waals surface area contributed by atoms with Crippen molar-refractivity contribution in [3.05, 3.63) is 39.9 Å². The molecule has 13 heteroatoms. The van der Waals surface area contributed by atoms with Gasteiger partial charge in [-0.05, 0) is 20.8 Å². The van der Waals surface area contributed by atoms with Crippen molar-refractivity contribution < 1.29 is 76.1 Å². The van der Waals surface area contributed by atoms with Crippen molar-refractivity contribution in [2.24, 2.45) is 0 Å². The summed E-state index contributed by atoms with van der Waals surface area (Å²) in [5.74, 6) is 3.03. The average Bonchev–Trinajstić information content (AvgIpc) is 2.80. The fourth-order valence-corrected chi connectivity index (χ4v) is 2.42. The largest absolute Gasteiger partial charge is 0 e. The van der Waals surface area contributed by atoms with Gasteiger partial charge in [0, 0.05) is 59.5 Å². The van der Waals surface area contributed by atoms with E-state index in [4.69, 9.17) is 32.6 Å². The van der Waals surface area contributed by atoms with E-state index in [1.807, 2.05) is 20.8 Å². The van der Waals surface area contributed by atoms with Crippen molar-refractivity contribution in [3.63, 3.8) is 0 Å². The Morgan fingerprint density at radius 2 is 1.15 bits per heavy atom. The van der Waals surface area contributed by atoms with E-state index in [2.05, 4.69) is 71.0 Å². The quantitative estimate of drug-likeness (QED) is 0.200. The Morgan fingerprint density at radius 1 is 0.853 bits per heavy atom. The molecule has 1 saturated heterocycles. The van der Waals surface area contributed by atoms with Crippen LogP contribution in [0.2, 0.25) is 19.6 Å². The van der Waals surface area contributed by atoms with Crippen LogP contribution in [0.15, 0.2) is 0 Å². The predicted molar refractivity (Wildman–Crippen MR) is 107 cm³/mol. The molecular weight excluding hydrogens is 556 g/mol. The summed E-state index contributed by atoms with van der Waals surface area (Å²) in [6.45, 7) is 40.0. The second-order valence-electron chi connectivity index (χ2n) is 7.50. The summed E-state index contributed by atoms with van der Waals surface area (Å²) in [6.07, 6.45) is 0.672. The van der Waals surface area contributed by atoms with Gasteiger partial charge in [0.2, 0.25) is 0 Å². The second kappa shape index (κ2) is 33.6. The van der Waals surface area contributed by atoms with E-state index in [0.717, 1.165) is 0 Å². The number of aliphatic hydroxyl groups is 1. The summed E-state index contributed by atoms with van der Waals surface area (Å²) in [7, 11) is -1.49. The number of likely N-dealkylation sites (tertiary alicyclic amines) is 1. The third-order valence-corrected chi connectivity index (χ3v) is 3.79. The second-order valence-corrected chi connectivity index (χ2v) is 12.2. The summed E-state index contributed by atoms with van der Waals surface area (Å²) in [4.78, 5) is 13.6. The molecule has 0 aliphatic carbocycles. The standard InChI is InChI=1S/C15H27NO3Si.6CO.2Co/c1-14(2,3)19-13(17)16-10-7-15(18,8-11-16)9-12-20(4,5)6;6*1-2;;/h18H,7-8,10-11H2,1-6H3;;;;;;;;. The van der Waals surface area contributed by atoms with Crippen LogP contribution in [-0.4, -0.2) is 48.5 Å². The van der Waals surface area contributed by atoms with Crippen molar-refractivity contribution >= 4 is 14.2 Å². The first-order valence-electron chi connectivity index (χ1n) is 8.37. The molecule has 0 unspecified atom stereocenters. The van der Waals surface area contributed by atoms with E-state index < -0.39 is 19.3 Å². The number of nitrogens with zero attached hydrogens (tertiary/aromatic N) is 1. The summed E-state index contributed by atoms with van der Waals surface area (Å²) in [6, 6.07) is 0. The minimum absolute atomic E-state index is 0. The van der Waals surface area contributed by atoms with E-state index in [1.165, 1.54) is 0 Å². The normalized spacial score (nSPS) is 11.6. The van der Waals surface area contributed by atoms with Crippen molar-refractivity contribution in [3.8, 4) is 11.5 Å². The van der Waals surface area contributed by atoms with Crippen molar-refractivity contribution in [1.29, 1.82) is 0 Å². The van der Waals surface area contributed by atoms with Gasteiger partial charge in [0.1, 0.15) is 19.3 Å². The minimum atomic E-state index is -1.49. The molecule has 1 N–H and O–H groups in total. The smallest absolute Gasteiger partial charge is 0 e. The number of hydrogen-bond donors (Lipinski definition) is 1. The third-order valence-electron chi connectivity index (χ3n) is 2.91. The monoisotopic (exact) mass is 583 g/mol. The van der Waals surface area contributed by atoms with Gasteiger partial charge in [-0.15, -0.1) is 5.54 Å². The van der Waals surface area contributed by atoms with Crippen LogP contribution >= 0.6 is 0 Å². The van der Waals surface area contributed by atoms with Crippen LogP contribution in [0.4, 0.5) is 4.79 Å². The van der Waals surface area contributed by atoms with Crippen LogP contribution in [0, 0.1) is 51.4 Å². The Labute approximate surface area is 223 Å². The average molecular weight is 583 g/mol. The fourth-order valence-electron chi connectivity index (χ4n) is 1.81. The zero-order valence-electron chi connectivity index (χ0n) is 19.7. The van der Waals surface area contributed by atoms with E-state index in [9.17, 15) is 9.90 Å². The Morgan fingerprint density at radius 3 is 1.38 bits per heavy atom. The van der Waals surface area contributed by atoms with Crippen molar-refractivity contribution in [1.82, 2.24) is 4.90 Å². The molecule has 192 valence electrons. The van der Waals surface area contributed by atoms with E-state index >= 15 is 0 Å². The van der Waals surface area contributed by atoms with Crippen LogP contribution < -0.4 is 0 Å². The third kappa shape index (κ3) is 37.8. The molecule has 1 aliphatic rings. The van der Waals surface area contributed by atoms with E-state index in [1.54, 1.807) is 4.90 Å². The van der Waals surface area contributed by atoms with Gasteiger partial charge in [0.25, 0.3) is 0 Å². The molecule has 0 spiro atoms. The molecule has 1 aliphatic heterocycles. The van der Waals surface area contributed by atoms with Gasteiger partial charge >= 0.3 is 73.9 Å².